The molecule has 120 valence electrons. The van der Waals surface area contributed by atoms with Crippen LogP contribution in [0.2, 0.25) is 0 Å². The number of aromatic nitrogens is 1. The summed E-state index contributed by atoms with van der Waals surface area (Å²) in [5, 5.41) is 3.41. The first kappa shape index (κ1) is 16.5. The summed E-state index contributed by atoms with van der Waals surface area (Å²) in [7, 11) is 2.04. The molecule has 1 aromatic rings. The molecule has 0 saturated carbocycles. The first-order valence-corrected chi connectivity index (χ1v) is 8.32. The lowest BCUT2D eigenvalue weighted by molar-refractivity contribution is -0.0455. The highest BCUT2D eigenvalue weighted by Crippen LogP contribution is 2.19. The predicted octanol–water partition coefficient (Wildman–Crippen LogP) is 2.66. The van der Waals surface area contributed by atoms with E-state index in [4.69, 9.17) is 4.74 Å². The van der Waals surface area contributed by atoms with Crippen LogP contribution in [0.3, 0.4) is 0 Å². The SMILES string of the molecule is CCCC(NC)c1ccn(CC2CN(C(C)C)CCO2)c1. The van der Waals surface area contributed by atoms with Gasteiger partial charge in [-0.2, -0.15) is 0 Å². The van der Waals surface area contributed by atoms with Crippen LogP contribution in [-0.2, 0) is 11.3 Å². The van der Waals surface area contributed by atoms with Crippen molar-refractivity contribution in [1.29, 1.82) is 0 Å². The lowest BCUT2D eigenvalue weighted by Crippen LogP contribution is -2.47. The molecule has 0 radical (unpaired) electrons. The van der Waals surface area contributed by atoms with Gasteiger partial charge in [-0.15, -0.1) is 0 Å². The van der Waals surface area contributed by atoms with Gasteiger partial charge in [-0.3, -0.25) is 4.90 Å². The minimum Gasteiger partial charge on any atom is -0.374 e. The Bertz CT molecular complexity index is 416. The molecule has 0 amide bonds. The van der Waals surface area contributed by atoms with E-state index in [1.165, 1.54) is 18.4 Å². The number of hydrogen-bond donors (Lipinski definition) is 1. The molecule has 2 atom stereocenters. The fourth-order valence-corrected chi connectivity index (χ4v) is 3.10. The van der Waals surface area contributed by atoms with E-state index >= 15 is 0 Å². The Kier molecular flexibility index (Phi) is 6.27. The summed E-state index contributed by atoms with van der Waals surface area (Å²) in [6, 6.07) is 3.31. The number of hydrogen-bond acceptors (Lipinski definition) is 3. The van der Waals surface area contributed by atoms with Crippen molar-refractivity contribution in [3.63, 3.8) is 0 Å². The molecular formula is C17H31N3O. The zero-order chi connectivity index (χ0) is 15.2. The van der Waals surface area contributed by atoms with Crippen LogP contribution in [0.5, 0.6) is 0 Å². The van der Waals surface area contributed by atoms with Gasteiger partial charge in [0.1, 0.15) is 0 Å². The lowest BCUT2D eigenvalue weighted by atomic mass is 10.1. The van der Waals surface area contributed by atoms with Crippen LogP contribution in [0, 0.1) is 0 Å². The van der Waals surface area contributed by atoms with E-state index in [2.05, 4.69) is 54.0 Å². The van der Waals surface area contributed by atoms with Crippen LogP contribution in [0.4, 0.5) is 0 Å². The van der Waals surface area contributed by atoms with Crippen LogP contribution in [0.1, 0.15) is 45.2 Å². The van der Waals surface area contributed by atoms with Gasteiger partial charge >= 0.3 is 0 Å². The molecule has 4 nitrogen and oxygen atoms in total. The number of ether oxygens (including phenoxy) is 1. The van der Waals surface area contributed by atoms with Gasteiger partial charge in [-0.25, -0.2) is 0 Å². The average molecular weight is 293 g/mol. The van der Waals surface area contributed by atoms with Crippen LogP contribution in [0.15, 0.2) is 18.5 Å². The molecule has 0 aliphatic carbocycles. The summed E-state index contributed by atoms with van der Waals surface area (Å²) in [5.74, 6) is 0. The molecule has 4 heteroatoms. The molecule has 0 bridgehead atoms. The van der Waals surface area contributed by atoms with Crippen molar-refractivity contribution in [1.82, 2.24) is 14.8 Å². The van der Waals surface area contributed by atoms with E-state index in [0.717, 1.165) is 26.2 Å². The van der Waals surface area contributed by atoms with E-state index in [1.54, 1.807) is 0 Å². The third kappa shape index (κ3) is 4.56. The van der Waals surface area contributed by atoms with Gasteiger partial charge in [0, 0.05) is 44.1 Å². The third-order valence-electron chi connectivity index (χ3n) is 4.42. The molecule has 2 heterocycles. The molecule has 2 rings (SSSR count). The standard InChI is InChI=1S/C17H31N3O/c1-5-6-17(18-4)15-7-8-19(11-15)12-16-13-20(14(2)3)9-10-21-16/h7-8,11,14,16-18H,5-6,9-10,12-13H2,1-4H3. The fraction of sp³-hybridized carbons (Fsp3) is 0.765. The predicted molar refractivity (Wildman–Crippen MR) is 87.6 cm³/mol. The van der Waals surface area contributed by atoms with Gasteiger partial charge in [-0.1, -0.05) is 13.3 Å². The van der Waals surface area contributed by atoms with Gasteiger partial charge in [0.25, 0.3) is 0 Å². The highest BCUT2D eigenvalue weighted by molar-refractivity contribution is 5.15. The van der Waals surface area contributed by atoms with Gasteiger partial charge < -0.3 is 14.6 Å². The van der Waals surface area contributed by atoms with Crippen LogP contribution in [-0.4, -0.2) is 48.4 Å². The molecule has 1 fully saturated rings. The molecule has 1 N–H and O–H groups in total. The van der Waals surface area contributed by atoms with Crippen molar-refractivity contribution in [3.05, 3.63) is 24.0 Å². The minimum atomic E-state index is 0.306. The summed E-state index contributed by atoms with van der Waals surface area (Å²) < 4.78 is 8.21. The number of morpholine rings is 1. The van der Waals surface area contributed by atoms with Crippen molar-refractivity contribution >= 4 is 0 Å². The molecule has 21 heavy (non-hydrogen) atoms. The first-order valence-electron chi connectivity index (χ1n) is 8.32. The van der Waals surface area contributed by atoms with E-state index in [-0.39, 0.29) is 0 Å². The summed E-state index contributed by atoms with van der Waals surface area (Å²) in [6.45, 7) is 10.7. The summed E-state index contributed by atoms with van der Waals surface area (Å²) in [5.41, 5.74) is 1.39. The van der Waals surface area contributed by atoms with Crippen molar-refractivity contribution in [2.24, 2.45) is 0 Å². The van der Waals surface area contributed by atoms with E-state index in [1.807, 2.05) is 7.05 Å². The second-order valence-corrected chi connectivity index (χ2v) is 6.35. The van der Waals surface area contributed by atoms with Crippen LogP contribution < -0.4 is 5.32 Å². The topological polar surface area (TPSA) is 29.4 Å². The highest BCUT2D eigenvalue weighted by Gasteiger charge is 2.22. The largest absolute Gasteiger partial charge is 0.374 e. The number of rotatable bonds is 7. The minimum absolute atomic E-state index is 0.306. The Morgan fingerprint density at radius 3 is 2.90 bits per heavy atom. The average Bonchev–Trinajstić information content (AvgIpc) is 2.93. The van der Waals surface area contributed by atoms with Gasteiger partial charge in [0.2, 0.25) is 0 Å². The van der Waals surface area contributed by atoms with Crippen molar-refractivity contribution in [3.8, 4) is 0 Å². The lowest BCUT2D eigenvalue weighted by Gasteiger charge is -2.35. The normalized spacial score (nSPS) is 21.9. The van der Waals surface area contributed by atoms with E-state index < -0.39 is 0 Å². The molecule has 1 aromatic heterocycles. The molecule has 0 aromatic carbocycles. The Labute approximate surface area is 129 Å². The Morgan fingerprint density at radius 2 is 2.24 bits per heavy atom. The molecule has 1 aliphatic rings. The molecular weight excluding hydrogens is 262 g/mol. The smallest absolute Gasteiger partial charge is 0.0881 e. The Balaban J connectivity index is 1.92. The maximum atomic E-state index is 5.93. The van der Waals surface area contributed by atoms with E-state index in [0.29, 0.717) is 18.2 Å². The Morgan fingerprint density at radius 1 is 1.43 bits per heavy atom. The maximum Gasteiger partial charge on any atom is 0.0881 e. The van der Waals surface area contributed by atoms with Crippen molar-refractivity contribution in [2.45, 2.75) is 58.3 Å². The third-order valence-corrected chi connectivity index (χ3v) is 4.42. The van der Waals surface area contributed by atoms with Crippen molar-refractivity contribution < 1.29 is 4.74 Å². The second-order valence-electron chi connectivity index (χ2n) is 6.35. The fourth-order valence-electron chi connectivity index (χ4n) is 3.10. The molecule has 2 unspecified atom stereocenters. The highest BCUT2D eigenvalue weighted by atomic mass is 16.5. The number of nitrogens with zero attached hydrogens (tertiary/aromatic N) is 2. The Hall–Kier alpha value is -0.840. The van der Waals surface area contributed by atoms with Gasteiger partial charge in [0.05, 0.1) is 12.7 Å². The van der Waals surface area contributed by atoms with Crippen LogP contribution >= 0.6 is 0 Å². The zero-order valence-electron chi connectivity index (χ0n) is 14.0. The monoisotopic (exact) mass is 293 g/mol. The first-order chi connectivity index (χ1) is 10.1. The zero-order valence-corrected chi connectivity index (χ0v) is 14.0. The summed E-state index contributed by atoms with van der Waals surface area (Å²) in [4.78, 5) is 2.51. The second kappa shape index (κ2) is 7.97. The van der Waals surface area contributed by atoms with E-state index in [9.17, 15) is 0 Å². The van der Waals surface area contributed by atoms with Crippen LogP contribution in [0.25, 0.3) is 0 Å². The van der Waals surface area contributed by atoms with Gasteiger partial charge in [0.15, 0.2) is 0 Å². The molecule has 1 saturated heterocycles. The molecule has 1 aliphatic heterocycles. The van der Waals surface area contributed by atoms with Crippen molar-refractivity contribution in [2.75, 3.05) is 26.7 Å². The molecule has 0 spiro atoms. The van der Waals surface area contributed by atoms with Gasteiger partial charge in [-0.05, 0) is 38.9 Å². The maximum absolute atomic E-state index is 5.93. The summed E-state index contributed by atoms with van der Waals surface area (Å²) in [6.07, 6.45) is 7.15. The quantitative estimate of drug-likeness (QED) is 0.838. The number of nitrogens with one attached hydrogen (secondary N) is 1. The summed E-state index contributed by atoms with van der Waals surface area (Å²) >= 11 is 0.